The summed E-state index contributed by atoms with van der Waals surface area (Å²) in [5.41, 5.74) is 0. The molecule has 0 fully saturated rings. The molecule has 0 aliphatic rings. The Bertz CT molecular complexity index is 58.0. The predicted molar refractivity (Wildman–Crippen MR) is 24.7 cm³/mol. The Morgan fingerprint density at radius 3 is 1.71 bits per heavy atom. The third kappa shape index (κ3) is 47.2. The van der Waals surface area contributed by atoms with Crippen molar-refractivity contribution in [2.24, 2.45) is 0 Å². The van der Waals surface area contributed by atoms with Crippen molar-refractivity contribution in [2.45, 2.75) is 0 Å². The molecular formula is C4H7N2O-. The SMILES string of the molecule is CN(C)C=O.[C-]#N. The Balaban J connectivity index is 0. The first-order valence-corrected chi connectivity index (χ1v) is 1.61. The Morgan fingerprint density at radius 1 is 1.57 bits per heavy atom. The van der Waals surface area contributed by atoms with E-state index in [-0.39, 0.29) is 0 Å². The summed E-state index contributed by atoms with van der Waals surface area (Å²) in [6.07, 6.45) is 0.750. The van der Waals surface area contributed by atoms with Crippen LogP contribution in [-0.2, 0) is 4.79 Å². The van der Waals surface area contributed by atoms with Crippen LogP contribution in [0.15, 0.2) is 0 Å². The fourth-order valence-electron chi connectivity index (χ4n) is 0. The minimum atomic E-state index is 0.750. The monoisotopic (exact) mass is 99.1 g/mol. The minimum absolute atomic E-state index is 0.750. The van der Waals surface area contributed by atoms with Crippen LogP contribution in [0.5, 0.6) is 0 Å². The Labute approximate surface area is 43.2 Å². The van der Waals surface area contributed by atoms with E-state index in [1.54, 1.807) is 14.1 Å². The predicted octanol–water partition coefficient (Wildman–Crippen LogP) is -0.199. The molecule has 0 N–H and O–H groups in total. The van der Waals surface area contributed by atoms with Crippen molar-refractivity contribution in [1.82, 2.24) is 4.90 Å². The van der Waals surface area contributed by atoms with E-state index in [1.807, 2.05) is 0 Å². The summed E-state index contributed by atoms with van der Waals surface area (Å²) >= 11 is 0. The van der Waals surface area contributed by atoms with Crippen molar-refractivity contribution in [3.8, 4) is 0 Å². The molecule has 0 aromatic carbocycles. The molecule has 0 radical (unpaired) electrons. The Hall–Kier alpha value is -1.04. The van der Waals surface area contributed by atoms with Crippen molar-refractivity contribution < 1.29 is 4.79 Å². The number of rotatable bonds is 1. The normalized spacial score (nSPS) is 5.14. The lowest BCUT2D eigenvalue weighted by atomic mass is 11.0. The zero-order valence-corrected chi connectivity index (χ0v) is 4.38. The first-order chi connectivity index (χ1) is 3.27. The number of carbonyl (C=O) groups is 1. The highest BCUT2D eigenvalue weighted by molar-refractivity contribution is 5.45. The van der Waals surface area contributed by atoms with E-state index in [1.165, 1.54) is 4.90 Å². The maximum absolute atomic E-state index is 9.43. The Kier molecular flexibility index (Phi) is 11.9. The molecule has 3 heteroatoms. The largest absolute Gasteiger partial charge is 0.512 e. The fourth-order valence-corrected chi connectivity index (χ4v) is 0. The van der Waals surface area contributed by atoms with E-state index in [0.717, 1.165) is 6.41 Å². The van der Waals surface area contributed by atoms with Gasteiger partial charge in [0.05, 0.1) is 0 Å². The van der Waals surface area contributed by atoms with Gasteiger partial charge in [-0.2, -0.15) is 0 Å². The van der Waals surface area contributed by atoms with E-state index in [2.05, 4.69) is 0 Å². The van der Waals surface area contributed by atoms with Gasteiger partial charge in [-0.3, -0.25) is 4.79 Å². The summed E-state index contributed by atoms with van der Waals surface area (Å²) in [6.45, 7) is 4.75. The summed E-state index contributed by atoms with van der Waals surface area (Å²) in [6, 6.07) is 0. The van der Waals surface area contributed by atoms with Gasteiger partial charge in [0.2, 0.25) is 6.41 Å². The lowest BCUT2D eigenvalue weighted by molar-refractivity contribution is -0.115. The topological polar surface area (TPSA) is 44.1 Å². The number of hydrogen-bond acceptors (Lipinski definition) is 2. The van der Waals surface area contributed by atoms with Gasteiger partial charge >= 0.3 is 0 Å². The second-order valence-electron chi connectivity index (χ2n) is 1.07. The van der Waals surface area contributed by atoms with Crippen LogP contribution in [0.1, 0.15) is 0 Å². The van der Waals surface area contributed by atoms with E-state index >= 15 is 0 Å². The molecule has 0 atom stereocenters. The van der Waals surface area contributed by atoms with Crippen LogP contribution in [0.2, 0.25) is 0 Å². The van der Waals surface area contributed by atoms with Gasteiger partial charge < -0.3 is 16.7 Å². The third-order valence-corrected chi connectivity index (χ3v) is 0.211. The Morgan fingerprint density at radius 2 is 1.71 bits per heavy atom. The molecule has 0 rings (SSSR count). The summed E-state index contributed by atoms with van der Waals surface area (Å²) in [5.74, 6) is 0. The lowest BCUT2D eigenvalue weighted by Gasteiger charge is -1.93. The molecule has 0 bridgehead atoms. The molecule has 0 aliphatic heterocycles. The van der Waals surface area contributed by atoms with Gasteiger partial charge in [0, 0.05) is 14.1 Å². The summed E-state index contributed by atoms with van der Waals surface area (Å²) < 4.78 is 0. The van der Waals surface area contributed by atoms with E-state index in [0.29, 0.717) is 0 Å². The van der Waals surface area contributed by atoms with Crippen molar-refractivity contribution >= 4 is 6.41 Å². The average molecular weight is 99.1 g/mol. The molecule has 0 aliphatic carbocycles. The first kappa shape index (κ1) is 9.35. The number of carbonyl (C=O) groups excluding carboxylic acids is 1. The van der Waals surface area contributed by atoms with E-state index in [4.69, 9.17) is 11.8 Å². The highest BCUT2D eigenvalue weighted by Crippen LogP contribution is 1.52. The average Bonchev–Trinajstić information content (AvgIpc) is 1.73. The minimum Gasteiger partial charge on any atom is -0.512 e. The second kappa shape index (κ2) is 8.88. The molecule has 7 heavy (non-hydrogen) atoms. The number of amides is 1. The number of hydrogen-bond donors (Lipinski definition) is 0. The molecular weight excluding hydrogens is 92.1 g/mol. The molecule has 0 heterocycles. The standard InChI is InChI=1S/C3H7NO.CN/c1-4(2)3-5;1-2/h3H,1-2H3;/q;-1. The van der Waals surface area contributed by atoms with Gasteiger partial charge in [-0.05, 0) is 0 Å². The lowest BCUT2D eigenvalue weighted by Crippen LogP contribution is -2.06. The van der Waals surface area contributed by atoms with Crippen molar-refractivity contribution in [3.63, 3.8) is 0 Å². The smallest absolute Gasteiger partial charge is 0.209 e. The molecule has 1 amide bonds. The van der Waals surface area contributed by atoms with Crippen LogP contribution in [0.4, 0.5) is 0 Å². The van der Waals surface area contributed by atoms with Gasteiger partial charge in [0.25, 0.3) is 0 Å². The highest BCUT2D eigenvalue weighted by atomic mass is 16.1. The molecule has 40 valence electrons. The van der Waals surface area contributed by atoms with Gasteiger partial charge in [0.1, 0.15) is 0 Å². The summed E-state index contributed by atoms with van der Waals surface area (Å²) in [4.78, 5) is 10.9. The molecule has 0 aromatic heterocycles. The quantitative estimate of drug-likeness (QED) is 0.337. The second-order valence-corrected chi connectivity index (χ2v) is 1.07. The van der Waals surface area contributed by atoms with Gasteiger partial charge in [-0.15, -0.1) is 0 Å². The molecule has 0 saturated heterocycles. The fraction of sp³-hybridized carbons (Fsp3) is 0.500. The van der Waals surface area contributed by atoms with Gasteiger partial charge in [-0.25, -0.2) is 0 Å². The van der Waals surface area contributed by atoms with Crippen molar-refractivity contribution in [1.29, 1.82) is 5.26 Å². The van der Waals surface area contributed by atoms with E-state index in [9.17, 15) is 4.79 Å². The maximum atomic E-state index is 9.43. The summed E-state index contributed by atoms with van der Waals surface area (Å²) in [5, 5.41) is 6.25. The summed E-state index contributed by atoms with van der Waals surface area (Å²) in [7, 11) is 3.38. The zero-order chi connectivity index (χ0) is 6.28. The molecule has 0 unspecified atom stereocenters. The highest BCUT2D eigenvalue weighted by Gasteiger charge is 1.68. The zero-order valence-electron chi connectivity index (χ0n) is 4.38. The van der Waals surface area contributed by atoms with Gasteiger partial charge in [0.15, 0.2) is 0 Å². The van der Waals surface area contributed by atoms with Crippen LogP contribution in [-0.4, -0.2) is 25.4 Å². The van der Waals surface area contributed by atoms with Crippen molar-refractivity contribution in [3.05, 3.63) is 6.57 Å². The molecule has 0 saturated carbocycles. The van der Waals surface area contributed by atoms with Crippen LogP contribution in [0.3, 0.4) is 0 Å². The van der Waals surface area contributed by atoms with Gasteiger partial charge in [-0.1, -0.05) is 0 Å². The van der Waals surface area contributed by atoms with Crippen LogP contribution >= 0.6 is 0 Å². The van der Waals surface area contributed by atoms with Crippen LogP contribution < -0.4 is 0 Å². The van der Waals surface area contributed by atoms with Crippen LogP contribution in [0.25, 0.3) is 0 Å². The molecule has 0 aromatic rings. The third-order valence-electron chi connectivity index (χ3n) is 0.211. The molecule has 0 spiro atoms. The van der Waals surface area contributed by atoms with E-state index < -0.39 is 0 Å². The molecule has 3 nitrogen and oxygen atoms in total. The van der Waals surface area contributed by atoms with Crippen LogP contribution in [0, 0.1) is 11.8 Å². The number of nitrogens with zero attached hydrogens (tertiary/aromatic N) is 2. The van der Waals surface area contributed by atoms with Crippen molar-refractivity contribution in [2.75, 3.05) is 14.1 Å². The first-order valence-electron chi connectivity index (χ1n) is 1.61. The maximum Gasteiger partial charge on any atom is 0.209 e.